The number of rotatable bonds is 5. The molecule has 0 aliphatic carbocycles. The third-order valence-electron chi connectivity index (χ3n) is 4.82. The van der Waals surface area contributed by atoms with E-state index < -0.39 is 26.7 Å². The van der Waals surface area contributed by atoms with Crippen LogP contribution in [-0.4, -0.2) is 61.7 Å². The van der Waals surface area contributed by atoms with Gasteiger partial charge in [-0.15, -0.1) is 0 Å². The summed E-state index contributed by atoms with van der Waals surface area (Å²) < 4.78 is 44.9. The lowest BCUT2D eigenvalue weighted by atomic mass is 10.1. The van der Waals surface area contributed by atoms with Gasteiger partial charge in [0.05, 0.1) is 16.9 Å². The summed E-state index contributed by atoms with van der Waals surface area (Å²) in [6, 6.07) is 8.51. The summed E-state index contributed by atoms with van der Waals surface area (Å²) in [5.41, 5.74) is -0.198. The van der Waals surface area contributed by atoms with Crippen molar-refractivity contribution < 1.29 is 27.3 Å². The van der Waals surface area contributed by atoms with Gasteiger partial charge in [-0.1, -0.05) is 0 Å². The number of hydrogen-bond acceptors (Lipinski definition) is 6. The zero-order valence-electron chi connectivity index (χ0n) is 16.2. The number of halogens is 1. The van der Waals surface area contributed by atoms with Crippen molar-refractivity contribution in [3.8, 4) is 5.75 Å². The Morgan fingerprint density at radius 1 is 1.10 bits per heavy atom. The number of hydrogen-bond donors (Lipinski definition) is 0. The first-order chi connectivity index (χ1) is 14.2. The van der Waals surface area contributed by atoms with E-state index in [1.54, 1.807) is 0 Å². The third-order valence-corrected chi connectivity index (χ3v) is 6.73. The summed E-state index contributed by atoms with van der Waals surface area (Å²) in [4.78, 5) is 24.9. The number of nitro groups is 1. The van der Waals surface area contributed by atoms with Crippen LogP contribution in [0.5, 0.6) is 5.75 Å². The number of amides is 1. The molecule has 0 N–H and O–H groups in total. The molecule has 1 aliphatic heterocycles. The summed E-state index contributed by atoms with van der Waals surface area (Å²) in [5.74, 6) is -0.916. The second-order valence-corrected chi connectivity index (χ2v) is 8.59. The quantitative estimate of drug-likeness (QED) is 0.524. The van der Waals surface area contributed by atoms with Crippen LogP contribution in [0.3, 0.4) is 0 Å². The van der Waals surface area contributed by atoms with E-state index >= 15 is 0 Å². The molecule has 3 rings (SSSR count). The summed E-state index contributed by atoms with van der Waals surface area (Å²) >= 11 is 0. The Bertz CT molecular complexity index is 1060. The van der Waals surface area contributed by atoms with E-state index in [2.05, 4.69) is 0 Å². The summed E-state index contributed by atoms with van der Waals surface area (Å²) in [6.07, 6.45) is 0.393. The molecule has 2 aromatic carbocycles. The highest BCUT2D eigenvalue weighted by atomic mass is 32.2. The molecular formula is C19H20FN3O6S. The first-order valence-electron chi connectivity index (χ1n) is 9.11. The van der Waals surface area contributed by atoms with Gasteiger partial charge in [-0.05, 0) is 42.8 Å². The van der Waals surface area contributed by atoms with Crippen LogP contribution in [-0.2, 0) is 10.0 Å². The van der Waals surface area contributed by atoms with Gasteiger partial charge in [0.15, 0.2) is 5.75 Å². The Labute approximate surface area is 172 Å². The SMILES string of the molecule is COc1ccc(C(=O)N2CCCN(S(=O)(=O)c3ccc(F)cc3)CC2)cc1[N+](=O)[O-]. The maximum Gasteiger partial charge on any atom is 0.311 e. The van der Waals surface area contributed by atoms with E-state index in [4.69, 9.17) is 4.74 Å². The van der Waals surface area contributed by atoms with E-state index in [0.717, 1.165) is 18.2 Å². The van der Waals surface area contributed by atoms with E-state index in [1.807, 2.05) is 0 Å². The average Bonchev–Trinajstić information content (AvgIpc) is 3.00. The third kappa shape index (κ3) is 4.41. The van der Waals surface area contributed by atoms with Crippen LogP contribution in [0.15, 0.2) is 47.4 Å². The molecule has 0 saturated carbocycles. The fourth-order valence-electron chi connectivity index (χ4n) is 3.24. The van der Waals surface area contributed by atoms with Crippen LogP contribution in [0.25, 0.3) is 0 Å². The van der Waals surface area contributed by atoms with Gasteiger partial charge < -0.3 is 9.64 Å². The predicted octanol–water partition coefficient (Wildman–Crippen LogP) is 2.28. The smallest absolute Gasteiger partial charge is 0.311 e. The highest BCUT2D eigenvalue weighted by molar-refractivity contribution is 7.89. The molecule has 9 nitrogen and oxygen atoms in total. The number of methoxy groups -OCH3 is 1. The number of benzene rings is 2. The lowest BCUT2D eigenvalue weighted by molar-refractivity contribution is -0.385. The summed E-state index contributed by atoms with van der Waals surface area (Å²) in [7, 11) is -2.52. The van der Waals surface area contributed by atoms with Crippen molar-refractivity contribution in [2.24, 2.45) is 0 Å². The van der Waals surface area contributed by atoms with Gasteiger partial charge in [0.25, 0.3) is 5.91 Å². The lowest BCUT2D eigenvalue weighted by Gasteiger charge is -2.22. The average molecular weight is 437 g/mol. The molecule has 0 aromatic heterocycles. The highest BCUT2D eigenvalue weighted by Crippen LogP contribution is 2.28. The number of ether oxygens (including phenoxy) is 1. The molecule has 11 heteroatoms. The number of carbonyl (C=O) groups excluding carboxylic acids is 1. The molecule has 0 bridgehead atoms. The van der Waals surface area contributed by atoms with Gasteiger partial charge in [0.1, 0.15) is 5.82 Å². The Morgan fingerprint density at radius 3 is 2.43 bits per heavy atom. The van der Waals surface area contributed by atoms with Crippen molar-refractivity contribution in [1.29, 1.82) is 0 Å². The molecule has 0 spiro atoms. The minimum absolute atomic E-state index is 0.0190. The van der Waals surface area contributed by atoms with E-state index in [0.29, 0.717) is 13.0 Å². The Hall–Kier alpha value is -3.05. The first-order valence-corrected chi connectivity index (χ1v) is 10.6. The van der Waals surface area contributed by atoms with Crippen molar-refractivity contribution in [1.82, 2.24) is 9.21 Å². The molecule has 1 fully saturated rings. The number of sulfonamides is 1. The van der Waals surface area contributed by atoms with E-state index in [9.17, 15) is 27.7 Å². The Morgan fingerprint density at radius 2 is 1.80 bits per heavy atom. The molecule has 1 aliphatic rings. The van der Waals surface area contributed by atoms with Gasteiger partial charge in [0.2, 0.25) is 10.0 Å². The zero-order valence-corrected chi connectivity index (χ0v) is 17.0. The summed E-state index contributed by atoms with van der Waals surface area (Å²) in [5, 5.41) is 11.2. The molecule has 30 heavy (non-hydrogen) atoms. The van der Waals surface area contributed by atoms with Gasteiger partial charge in [-0.3, -0.25) is 14.9 Å². The highest BCUT2D eigenvalue weighted by Gasteiger charge is 2.29. The maximum absolute atomic E-state index is 13.1. The van der Waals surface area contributed by atoms with Crippen molar-refractivity contribution in [3.05, 3.63) is 64.0 Å². The number of nitro benzene ring substituents is 1. The normalized spacial score (nSPS) is 15.5. The molecule has 1 saturated heterocycles. The van der Waals surface area contributed by atoms with Gasteiger partial charge in [0, 0.05) is 37.8 Å². The number of carbonyl (C=O) groups is 1. The molecule has 1 heterocycles. The summed E-state index contributed by atoms with van der Waals surface area (Å²) in [6.45, 7) is 0.684. The zero-order chi connectivity index (χ0) is 21.9. The van der Waals surface area contributed by atoms with E-state index in [1.165, 1.54) is 40.6 Å². The first kappa shape index (κ1) is 21.7. The minimum atomic E-state index is -3.82. The van der Waals surface area contributed by atoms with Gasteiger partial charge in [-0.25, -0.2) is 12.8 Å². The van der Waals surface area contributed by atoms with Gasteiger partial charge in [-0.2, -0.15) is 4.31 Å². The van der Waals surface area contributed by atoms with Crippen molar-refractivity contribution >= 4 is 21.6 Å². The van der Waals surface area contributed by atoms with Crippen molar-refractivity contribution in [2.45, 2.75) is 11.3 Å². The molecule has 0 unspecified atom stereocenters. The van der Waals surface area contributed by atoms with Crippen LogP contribution in [0.1, 0.15) is 16.8 Å². The van der Waals surface area contributed by atoms with Crippen molar-refractivity contribution in [3.63, 3.8) is 0 Å². The van der Waals surface area contributed by atoms with Crippen LogP contribution >= 0.6 is 0 Å². The monoisotopic (exact) mass is 437 g/mol. The second kappa shape index (κ2) is 8.76. The standard InChI is InChI=1S/C19H20FN3O6S/c1-29-18-8-3-14(13-17(18)23(25)26)19(24)21-9-2-10-22(12-11-21)30(27,28)16-6-4-15(20)5-7-16/h3-8,13H,2,9-12H2,1H3. The topological polar surface area (TPSA) is 110 Å². The van der Waals surface area contributed by atoms with E-state index in [-0.39, 0.29) is 41.5 Å². The molecule has 160 valence electrons. The maximum atomic E-state index is 13.1. The van der Waals surface area contributed by atoms with Crippen LogP contribution < -0.4 is 4.74 Å². The second-order valence-electron chi connectivity index (χ2n) is 6.65. The Kier molecular flexibility index (Phi) is 6.32. The minimum Gasteiger partial charge on any atom is -0.490 e. The Balaban J connectivity index is 1.76. The molecular weight excluding hydrogens is 417 g/mol. The van der Waals surface area contributed by atoms with Crippen LogP contribution in [0, 0.1) is 15.9 Å². The lowest BCUT2D eigenvalue weighted by Crippen LogP contribution is -2.37. The van der Waals surface area contributed by atoms with Crippen LogP contribution in [0.2, 0.25) is 0 Å². The number of nitrogens with zero attached hydrogens (tertiary/aromatic N) is 3. The van der Waals surface area contributed by atoms with Crippen LogP contribution in [0.4, 0.5) is 10.1 Å². The predicted molar refractivity (Wildman–Crippen MR) is 105 cm³/mol. The van der Waals surface area contributed by atoms with Crippen molar-refractivity contribution in [2.75, 3.05) is 33.3 Å². The largest absolute Gasteiger partial charge is 0.490 e. The van der Waals surface area contributed by atoms with Gasteiger partial charge >= 0.3 is 5.69 Å². The fourth-order valence-corrected chi connectivity index (χ4v) is 4.71. The molecule has 1 amide bonds. The molecule has 0 atom stereocenters. The molecule has 0 radical (unpaired) electrons. The molecule has 2 aromatic rings. The fraction of sp³-hybridized carbons (Fsp3) is 0.316.